The molecule has 0 amide bonds. The van der Waals surface area contributed by atoms with Gasteiger partial charge in [-0.05, 0) is 51.7 Å². The van der Waals surface area contributed by atoms with Gasteiger partial charge in [-0.2, -0.15) is 0 Å². The Kier molecular flexibility index (Phi) is 8.88. The molecule has 114 valence electrons. The van der Waals surface area contributed by atoms with Gasteiger partial charge in [0.15, 0.2) is 11.5 Å². The van der Waals surface area contributed by atoms with Crippen molar-refractivity contribution in [2.24, 2.45) is 0 Å². The topological polar surface area (TPSA) is 22.9 Å². The highest BCUT2D eigenvalue weighted by molar-refractivity contribution is 5.39. The third kappa shape index (κ3) is 6.29. The SMILES string of the molecule is CC[NH+](CC)CCCCCCOc1ccccc1OC. The summed E-state index contributed by atoms with van der Waals surface area (Å²) >= 11 is 0. The van der Waals surface area contributed by atoms with Crippen LogP contribution in [0.25, 0.3) is 0 Å². The van der Waals surface area contributed by atoms with Gasteiger partial charge in [-0.15, -0.1) is 0 Å². The molecule has 0 radical (unpaired) electrons. The van der Waals surface area contributed by atoms with Gasteiger partial charge in [0, 0.05) is 0 Å². The summed E-state index contributed by atoms with van der Waals surface area (Å²) in [5.74, 6) is 1.67. The van der Waals surface area contributed by atoms with Crippen LogP contribution in [-0.4, -0.2) is 33.4 Å². The van der Waals surface area contributed by atoms with E-state index < -0.39 is 0 Å². The molecule has 1 N–H and O–H groups in total. The summed E-state index contributed by atoms with van der Waals surface area (Å²) in [7, 11) is 1.68. The standard InChI is InChI=1S/C17H29NO2/c1-4-18(5-2)14-10-6-7-11-15-20-17-13-9-8-12-16(17)19-3/h8-9,12-13H,4-7,10-11,14-15H2,1-3H3/p+1. The van der Waals surface area contributed by atoms with E-state index in [4.69, 9.17) is 9.47 Å². The van der Waals surface area contributed by atoms with E-state index in [1.165, 1.54) is 38.9 Å². The predicted molar refractivity (Wildman–Crippen MR) is 83.9 cm³/mol. The normalized spacial score (nSPS) is 10.8. The number of quaternary nitrogens is 1. The number of rotatable bonds is 11. The maximum absolute atomic E-state index is 5.77. The van der Waals surface area contributed by atoms with Gasteiger partial charge >= 0.3 is 0 Å². The highest BCUT2D eigenvalue weighted by Gasteiger charge is 2.03. The van der Waals surface area contributed by atoms with Gasteiger partial charge < -0.3 is 14.4 Å². The van der Waals surface area contributed by atoms with Crippen molar-refractivity contribution in [2.45, 2.75) is 39.5 Å². The van der Waals surface area contributed by atoms with Crippen LogP contribution in [0.4, 0.5) is 0 Å². The van der Waals surface area contributed by atoms with E-state index in [1.807, 2.05) is 24.3 Å². The molecule has 0 aromatic heterocycles. The largest absolute Gasteiger partial charge is 0.493 e. The molecule has 0 bridgehead atoms. The van der Waals surface area contributed by atoms with Crippen LogP contribution in [0.5, 0.6) is 11.5 Å². The van der Waals surface area contributed by atoms with Crippen LogP contribution >= 0.6 is 0 Å². The Bertz CT molecular complexity index is 351. The molecule has 0 spiro atoms. The van der Waals surface area contributed by atoms with Gasteiger partial charge in [-0.3, -0.25) is 0 Å². The molecule has 0 unspecified atom stereocenters. The van der Waals surface area contributed by atoms with Crippen LogP contribution in [0.3, 0.4) is 0 Å². The van der Waals surface area contributed by atoms with E-state index in [0.29, 0.717) is 0 Å². The lowest BCUT2D eigenvalue weighted by atomic mass is 10.2. The maximum Gasteiger partial charge on any atom is 0.161 e. The van der Waals surface area contributed by atoms with Gasteiger partial charge in [0.2, 0.25) is 0 Å². The number of hydrogen-bond donors (Lipinski definition) is 1. The predicted octanol–water partition coefficient (Wildman–Crippen LogP) is 2.56. The minimum absolute atomic E-state index is 0.776. The van der Waals surface area contributed by atoms with Crippen molar-refractivity contribution in [1.82, 2.24) is 0 Å². The molecule has 3 heteroatoms. The summed E-state index contributed by atoms with van der Waals surface area (Å²) in [5.41, 5.74) is 0. The number of ether oxygens (including phenoxy) is 2. The van der Waals surface area contributed by atoms with E-state index >= 15 is 0 Å². The number of methoxy groups -OCH3 is 1. The van der Waals surface area contributed by atoms with Crippen molar-refractivity contribution in [2.75, 3.05) is 33.4 Å². The maximum atomic E-state index is 5.77. The van der Waals surface area contributed by atoms with Crippen LogP contribution in [0, 0.1) is 0 Å². The summed E-state index contributed by atoms with van der Waals surface area (Å²) in [5, 5.41) is 0. The van der Waals surface area contributed by atoms with Crippen molar-refractivity contribution in [3.63, 3.8) is 0 Å². The Morgan fingerprint density at radius 1 is 0.900 bits per heavy atom. The monoisotopic (exact) mass is 280 g/mol. The van der Waals surface area contributed by atoms with E-state index in [2.05, 4.69) is 13.8 Å². The van der Waals surface area contributed by atoms with Crippen LogP contribution in [0.15, 0.2) is 24.3 Å². The molecule has 0 aliphatic heterocycles. The zero-order chi connectivity index (χ0) is 14.6. The first-order valence-electron chi connectivity index (χ1n) is 7.91. The van der Waals surface area contributed by atoms with Gasteiger partial charge in [0.1, 0.15) is 0 Å². The third-order valence-electron chi connectivity index (χ3n) is 3.75. The van der Waals surface area contributed by atoms with Gasteiger partial charge in [-0.1, -0.05) is 12.1 Å². The highest BCUT2D eigenvalue weighted by atomic mass is 16.5. The number of nitrogens with one attached hydrogen (secondary N) is 1. The van der Waals surface area contributed by atoms with E-state index in [9.17, 15) is 0 Å². The second kappa shape index (κ2) is 10.6. The molecule has 1 aromatic rings. The molecule has 0 heterocycles. The first-order chi connectivity index (χ1) is 9.81. The van der Waals surface area contributed by atoms with Crippen molar-refractivity contribution in [3.8, 4) is 11.5 Å². The van der Waals surface area contributed by atoms with Crippen LogP contribution in [-0.2, 0) is 0 Å². The van der Waals surface area contributed by atoms with Crippen molar-refractivity contribution < 1.29 is 14.4 Å². The molecule has 0 atom stereocenters. The summed E-state index contributed by atoms with van der Waals surface area (Å²) in [6.07, 6.45) is 4.99. The molecule has 3 nitrogen and oxygen atoms in total. The molecular weight excluding hydrogens is 250 g/mol. The number of benzene rings is 1. The smallest absolute Gasteiger partial charge is 0.161 e. The number of para-hydroxylation sites is 2. The second-order valence-electron chi connectivity index (χ2n) is 5.12. The molecule has 0 aliphatic carbocycles. The summed E-state index contributed by atoms with van der Waals surface area (Å²) in [6, 6.07) is 7.83. The summed E-state index contributed by atoms with van der Waals surface area (Å²) < 4.78 is 11.0. The third-order valence-corrected chi connectivity index (χ3v) is 3.75. The summed E-state index contributed by atoms with van der Waals surface area (Å²) in [4.78, 5) is 1.70. The quantitative estimate of drug-likeness (QED) is 0.630. The number of unbranched alkanes of at least 4 members (excludes halogenated alkanes) is 3. The lowest BCUT2D eigenvalue weighted by Gasteiger charge is -2.14. The lowest BCUT2D eigenvalue weighted by molar-refractivity contribution is -0.896. The van der Waals surface area contributed by atoms with Crippen LogP contribution in [0.2, 0.25) is 0 Å². The molecule has 0 fully saturated rings. The first kappa shape index (κ1) is 16.8. The minimum Gasteiger partial charge on any atom is -0.493 e. The highest BCUT2D eigenvalue weighted by Crippen LogP contribution is 2.25. The molecule has 0 saturated carbocycles. The Morgan fingerprint density at radius 2 is 1.55 bits per heavy atom. The summed E-state index contributed by atoms with van der Waals surface area (Å²) in [6.45, 7) is 9.10. The van der Waals surface area contributed by atoms with Crippen molar-refractivity contribution in [3.05, 3.63) is 24.3 Å². The Morgan fingerprint density at radius 3 is 2.20 bits per heavy atom. The fourth-order valence-electron chi connectivity index (χ4n) is 2.35. The molecule has 0 aliphatic rings. The first-order valence-corrected chi connectivity index (χ1v) is 7.91. The van der Waals surface area contributed by atoms with Gasteiger partial charge in [-0.25, -0.2) is 0 Å². The molecule has 20 heavy (non-hydrogen) atoms. The minimum atomic E-state index is 0.776. The van der Waals surface area contributed by atoms with Crippen molar-refractivity contribution in [1.29, 1.82) is 0 Å². The Labute approximate surface area is 123 Å². The second-order valence-corrected chi connectivity index (χ2v) is 5.12. The average molecular weight is 280 g/mol. The lowest BCUT2D eigenvalue weighted by Crippen LogP contribution is -3.11. The Balaban J connectivity index is 2.07. The Hall–Kier alpha value is -1.22. The van der Waals surface area contributed by atoms with Crippen molar-refractivity contribution >= 4 is 0 Å². The van der Waals surface area contributed by atoms with E-state index in [1.54, 1.807) is 12.0 Å². The van der Waals surface area contributed by atoms with E-state index in [0.717, 1.165) is 24.5 Å². The van der Waals surface area contributed by atoms with Gasteiger partial charge in [0.05, 0.1) is 33.4 Å². The number of hydrogen-bond acceptors (Lipinski definition) is 2. The fourth-order valence-corrected chi connectivity index (χ4v) is 2.35. The van der Waals surface area contributed by atoms with Crippen LogP contribution in [0.1, 0.15) is 39.5 Å². The van der Waals surface area contributed by atoms with E-state index in [-0.39, 0.29) is 0 Å². The zero-order valence-electron chi connectivity index (χ0n) is 13.3. The van der Waals surface area contributed by atoms with Gasteiger partial charge in [0.25, 0.3) is 0 Å². The molecule has 0 saturated heterocycles. The molecule has 1 aromatic carbocycles. The van der Waals surface area contributed by atoms with Crippen LogP contribution < -0.4 is 14.4 Å². The average Bonchev–Trinajstić information content (AvgIpc) is 2.50. The fraction of sp³-hybridized carbons (Fsp3) is 0.647. The zero-order valence-corrected chi connectivity index (χ0v) is 13.3. The molecule has 1 rings (SSSR count). The molecular formula is C17H30NO2+.